The van der Waals surface area contributed by atoms with Crippen LogP contribution in [0, 0.1) is 0 Å². The number of ether oxygens (including phenoxy) is 1. The Kier molecular flexibility index (Phi) is 4.50. The van der Waals surface area contributed by atoms with Gasteiger partial charge in [-0.3, -0.25) is 14.7 Å². The monoisotopic (exact) mass is 355 g/mol. The molecule has 8 nitrogen and oxygen atoms in total. The Bertz CT molecular complexity index is 860. The van der Waals surface area contributed by atoms with Crippen LogP contribution >= 0.6 is 0 Å². The minimum atomic E-state index is -0.538. The molecule has 8 heteroatoms. The van der Waals surface area contributed by atoms with Crippen LogP contribution in [0.5, 0.6) is 0 Å². The summed E-state index contributed by atoms with van der Waals surface area (Å²) < 4.78 is 5.41. The molecule has 0 unspecified atom stereocenters. The van der Waals surface area contributed by atoms with Crippen molar-refractivity contribution in [1.29, 1.82) is 0 Å². The molecule has 0 radical (unpaired) electrons. The zero-order chi connectivity index (χ0) is 18.9. The molecule has 1 aromatic heterocycles. The third-order valence-corrected chi connectivity index (χ3v) is 3.72. The van der Waals surface area contributed by atoms with Gasteiger partial charge in [0.15, 0.2) is 0 Å². The minimum absolute atomic E-state index is 0.140. The van der Waals surface area contributed by atoms with Crippen molar-refractivity contribution in [1.82, 2.24) is 14.9 Å². The van der Waals surface area contributed by atoms with Gasteiger partial charge >= 0.3 is 6.09 Å². The van der Waals surface area contributed by atoms with Crippen LogP contribution in [0.2, 0.25) is 0 Å². The summed E-state index contributed by atoms with van der Waals surface area (Å²) in [6.07, 6.45) is 2.37. The number of nitrogens with one attached hydrogen (secondary N) is 1. The number of benzene rings is 1. The standard InChI is InChI=1S/C18H21N5O3/c1-18(2,3)26-17(25)23-9-11-4-5-13(6-12(11)10-23)21-16(24)14-7-20-8-15(19)22-14/h4-8H,9-10H2,1-3H3,(H2,19,22)(H,21,24). The van der Waals surface area contributed by atoms with Gasteiger partial charge in [-0.15, -0.1) is 0 Å². The molecule has 1 aliphatic rings. The third kappa shape index (κ3) is 4.08. The second-order valence-corrected chi connectivity index (χ2v) is 7.10. The highest BCUT2D eigenvalue weighted by molar-refractivity contribution is 6.02. The van der Waals surface area contributed by atoms with E-state index in [1.807, 2.05) is 32.9 Å². The first-order chi connectivity index (χ1) is 12.2. The van der Waals surface area contributed by atoms with Crippen LogP contribution in [0.25, 0.3) is 0 Å². The number of carbonyl (C=O) groups excluding carboxylic acids is 2. The number of amides is 2. The van der Waals surface area contributed by atoms with E-state index in [4.69, 9.17) is 10.5 Å². The SMILES string of the molecule is CC(C)(C)OC(=O)N1Cc2ccc(NC(=O)c3cncc(N)n3)cc2C1. The molecule has 0 saturated carbocycles. The lowest BCUT2D eigenvalue weighted by Gasteiger charge is -2.24. The fourth-order valence-electron chi connectivity index (χ4n) is 2.61. The molecule has 0 fully saturated rings. The van der Waals surface area contributed by atoms with Gasteiger partial charge in [0, 0.05) is 18.8 Å². The van der Waals surface area contributed by atoms with E-state index in [0.29, 0.717) is 18.8 Å². The fraction of sp³-hybridized carbons (Fsp3) is 0.333. The Morgan fingerprint density at radius 2 is 1.92 bits per heavy atom. The number of aromatic nitrogens is 2. The number of hydrogen-bond acceptors (Lipinski definition) is 6. The Morgan fingerprint density at radius 1 is 1.19 bits per heavy atom. The first-order valence-electron chi connectivity index (χ1n) is 8.20. The van der Waals surface area contributed by atoms with Gasteiger partial charge in [-0.2, -0.15) is 0 Å². The van der Waals surface area contributed by atoms with Gasteiger partial charge < -0.3 is 15.8 Å². The summed E-state index contributed by atoms with van der Waals surface area (Å²) in [6.45, 7) is 6.42. The third-order valence-electron chi connectivity index (χ3n) is 3.72. The maximum Gasteiger partial charge on any atom is 0.410 e. The van der Waals surface area contributed by atoms with E-state index in [0.717, 1.165) is 11.1 Å². The van der Waals surface area contributed by atoms with Crippen LogP contribution in [0.15, 0.2) is 30.6 Å². The van der Waals surface area contributed by atoms with Crippen molar-refractivity contribution in [3.8, 4) is 0 Å². The summed E-state index contributed by atoms with van der Waals surface area (Å²) in [5.74, 6) is -0.216. The number of rotatable bonds is 2. The molecule has 1 aliphatic heterocycles. The van der Waals surface area contributed by atoms with E-state index in [1.54, 1.807) is 11.0 Å². The quantitative estimate of drug-likeness (QED) is 0.856. The highest BCUT2D eigenvalue weighted by atomic mass is 16.6. The van der Waals surface area contributed by atoms with Crippen LogP contribution in [-0.4, -0.2) is 32.5 Å². The first kappa shape index (κ1) is 17.7. The number of nitrogens with zero attached hydrogens (tertiary/aromatic N) is 3. The van der Waals surface area contributed by atoms with E-state index >= 15 is 0 Å². The zero-order valence-corrected chi connectivity index (χ0v) is 14.9. The van der Waals surface area contributed by atoms with Gasteiger partial charge in [0.1, 0.15) is 17.1 Å². The first-order valence-corrected chi connectivity index (χ1v) is 8.20. The van der Waals surface area contributed by atoms with Gasteiger partial charge in [0.2, 0.25) is 0 Å². The summed E-state index contributed by atoms with van der Waals surface area (Å²) in [5, 5.41) is 2.77. The van der Waals surface area contributed by atoms with E-state index in [9.17, 15) is 9.59 Å². The molecule has 2 amide bonds. The highest BCUT2D eigenvalue weighted by Gasteiger charge is 2.28. The Labute approximate surface area is 151 Å². The summed E-state index contributed by atoms with van der Waals surface area (Å²) in [6, 6.07) is 5.52. The van der Waals surface area contributed by atoms with Gasteiger partial charge in [-0.1, -0.05) is 6.07 Å². The second kappa shape index (κ2) is 6.62. The number of fused-ring (bicyclic) bond motifs is 1. The molecule has 2 aromatic rings. The fourth-order valence-corrected chi connectivity index (χ4v) is 2.61. The van der Waals surface area contributed by atoms with Crippen LogP contribution in [0.1, 0.15) is 42.4 Å². The predicted molar refractivity (Wildman–Crippen MR) is 96.3 cm³/mol. The maximum atomic E-state index is 12.2. The Morgan fingerprint density at radius 3 is 2.62 bits per heavy atom. The zero-order valence-electron chi connectivity index (χ0n) is 14.9. The lowest BCUT2D eigenvalue weighted by atomic mass is 10.1. The molecule has 26 heavy (non-hydrogen) atoms. The van der Waals surface area contributed by atoms with E-state index < -0.39 is 11.5 Å². The molecule has 2 heterocycles. The van der Waals surface area contributed by atoms with E-state index in [1.165, 1.54) is 12.4 Å². The smallest absolute Gasteiger partial charge is 0.410 e. The number of hydrogen-bond donors (Lipinski definition) is 2. The van der Waals surface area contributed by atoms with Crippen molar-refractivity contribution in [3.63, 3.8) is 0 Å². The van der Waals surface area contributed by atoms with Gasteiger partial charge in [0.05, 0.1) is 12.4 Å². The van der Waals surface area contributed by atoms with Crippen molar-refractivity contribution in [2.24, 2.45) is 0 Å². The lowest BCUT2D eigenvalue weighted by Crippen LogP contribution is -2.33. The lowest BCUT2D eigenvalue weighted by molar-refractivity contribution is 0.0241. The number of carbonyl (C=O) groups is 2. The molecule has 136 valence electrons. The van der Waals surface area contributed by atoms with Gasteiger partial charge in [0.25, 0.3) is 5.91 Å². The molecular weight excluding hydrogens is 334 g/mol. The van der Waals surface area contributed by atoms with Crippen molar-refractivity contribution in [2.45, 2.75) is 39.5 Å². The molecule has 3 N–H and O–H groups in total. The number of nitrogen functional groups attached to an aromatic ring is 1. The summed E-state index contributed by atoms with van der Waals surface area (Å²) >= 11 is 0. The Hall–Kier alpha value is -3.16. The highest BCUT2D eigenvalue weighted by Crippen LogP contribution is 2.27. The number of nitrogens with two attached hydrogens (primary N) is 1. The Balaban J connectivity index is 1.69. The molecule has 0 aliphatic carbocycles. The molecule has 3 rings (SSSR count). The molecule has 1 aromatic carbocycles. The normalized spacial score (nSPS) is 13.3. The molecule has 0 saturated heterocycles. The molecule has 0 spiro atoms. The topological polar surface area (TPSA) is 110 Å². The minimum Gasteiger partial charge on any atom is -0.444 e. The van der Waals surface area contributed by atoms with Crippen LogP contribution in [0.3, 0.4) is 0 Å². The molecular formula is C18H21N5O3. The average Bonchev–Trinajstić information content (AvgIpc) is 2.96. The van der Waals surface area contributed by atoms with Crippen molar-refractivity contribution < 1.29 is 14.3 Å². The van der Waals surface area contributed by atoms with Crippen LogP contribution in [0.4, 0.5) is 16.3 Å². The van der Waals surface area contributed by atoms with Crippen molar-refractivity contribution in [2.75, 3.05) is 11.1 Å². The van der Waals surface area contributed by atoms with Gasteiger partial charge in [-0.05, 0) is 44.0 Å². The molecule has 0 bridgehead atoms. The van der Waals surface area contributed by atoms with E-state index in [-0.39, 0.29) is 17.6 Å². The summed E-state index contributed by atoms with van der Waals surface area (Å²) in [4.78, 5) is 33.9. The number of anilines is 2. The van der Waals surface area contributed by atoms with Crippen molar-refractivity contribution >= 4 is 23.5 Å². The predicted octanol–water partition coefficient (Wildman–Crippen LogP) is 2.56. The van der Waals surface area contributed by atoms with Crippen molar-refractivity contribution in [3.05, 3.63) is 47.4 Å². The summed E-state index contributed by atoms with van der Waals surface area (Å²) in [7, 11) is 0. The average molecular weight is 355 g/mol. The molecule has 0 atom stereocenters. The second-order valence-electron chi connectivity index (χ2n) is 7.10. The van der Waals surface area contributed by atoms with Gasteiger partial charge in [-0.25, -0.2) is 9.78 Å². The summed E-state index contributed by atoms with van der Waals surface area (Å²) in [5.41, 5.74) is 7.75. The van der Waals surface area contributed by atoms with E-state index in [2.05, 4.69) is 15.3 Å². The maximum absolute atomic E-state index is 12.2. The van der Waals surface area contributed by atoms with Crippen LogP contribution in [-0.2, 0) is 17.8 Å². The van der Waals surface area contributed by atoms with Crippen LogP contribution < -0.4 is 11.1 Å². The largest absolute Gasteiger partial charge is 0.444 e.